The Bertz CT molecular complexity index is 152. The fourth-order valence-corrected chi connectivity index (χ4v) is 2.15. The van der Waals surface area contributed by atoms with Gasteiger partial charge in [-0.05, 0) is 33.0 Å². The lowest BCUT2D eigenvalue weighted by Crippen LogP contribution is -2.36. The molecule has 0 aromatic carbocycles. The summed E-state index contributed by atoms with van der Waals surface area (Å²) < 4.78 is 0. The SMILES string of the molecule is CCCCCN(CCCCC)CCN(C)CCN. The van der Waals surface area contributed by atoms with Crippen molar-refractivity contribution >= 4 is 0 Å². The highest BCUT2D eigenvalue weighted by molar-refractivity contribution is 4.62. The predicted octanol–water partition coefficient (Wildman–Crippen LogP) is 2.56. The highest BCUT2D eigenvalue weighted by Crippen LogP contribution is 2.02. The third-order valence-electron chi connectivity index (χ3n) is 3.46. The Hall–Kier alpha value is -0.120. The van der Waals surface area contributed by atoms with Crippen LogP contribution in [0.3, 0.4) is 0 Å². The first-order chi connectivity index (χ1) is 8.74. The second-order valence-electron chi connectivity index (χ2n) is 5.35. The molecule has 0 amide bonds. The van der Waals surface area contributed by atoms with E-state index in [2.05, 4.69) is 30.7 Å². The fourth-order valence-electron chi connectivity index (χ4n) is 2.15. The molecule has 18 heavy (non-hydrogen) atoms. The zero-order chi connectivity index (χ0) is 13.6. The average Bonchev–Trinajstić information content (AvgIpc) is 2.36. The highest BCUT2D eigenvalue weighted by Gasteiger charge is 2.05. The summed E-state index contributed by atoms with van der Waals surface area (Å²) in [6.07, 6.45) is 8.06. The molecule has 0 bridgehead atoms. The molecule has 0 atom stereocenters. The van der Waals surface area contributed by atoms with Gasteiger partial charge in [0.15, 0.2) is 0 Å². The van der Waals surface area contributed by atoms with E-state index >= 15 is 0 Å². The minimum atomic E-state index is 0.766. The molecule has 3 nitrogen and oxygen atoms in total. The van der Waals surface area contributed by atoms with E-state index in [1.807, 2.05) is 0 Å². The van der Waals surface area contributed by atoms with Crippen LogP contribution in [0.1, 0.15) is 52.4 Å². The molecule has 0 saturated heterocycles. The van der Waals surface area contributed by atoms with Crippen LogP contribution in [-0.2, 0) is 0 Å². The number of hydrogen-bond acceptors (Lipinski definition) is 3. The second kappa shape index (κ2) is 13.3. The van der Waals surface area contributed by atoms with Crippen LogP contribution in [0.2, 0.25) is 0 Å². The molecule has 0 radical (unpaired) electrons. The van der Waals surface area contributed by atoms with Crippen molar-refractivity contribution in [1.29, 1.82) is 0 Å². The van der Waals surface area contributed by atoms with E-state index in [0.29, 0.717) is 0 Å². The van der Waals surface area contributed by atoms with E-state index in [4.69, 9.17) is 5.73 Å². The molecule has 0 aromatic rings. The number of likely N-dealkylation sites (N-methyl/N-ethyl adjacent to an activating group) is 1. The summed E-state index contributed by atoms with van der Waals surface area (Å²) in [4.78, 5) is 4.98. The minimum absolute atomic E-state index is 0.766. The molecule has 0 aliphatic rings. The largest absolute Gasteiger partial charge is 0.329 e. The standard InChI is InChI=1S/C15H35N3/c1-4-6-8-11-18(12-9-7-5-2)15-14-17(3)13-10-16/h4-16H2,1-3H3. The van der Waals surface area contributed by atoms with E-state index in [9.17, 15) is 0 Å². The van der Waals surface area contributed by atoms with Crippen LogP contribution >= 0.6 is 0 Å². The van der Waals surface area contributed by atoms with Crippen molar-refractivity contribution in [2.75, 3.05) is 46.3 Å². The van der Waals surface area contributed by atoms with Crippen LogP contribution in [-0.4, -0.2) is 56.1 Å². The van der Waals surface area contributed by atoms with Crippen molar-refractivity contribution in [3.8, 4) is 0 Å². The van der Waals surface area contributed by atoms with Crippen LogP contribution in [0.25, 0.3) is 0 Å². The molecule has 0 fully saturated rings. The summed E-state index contributed by atoms with van der Waals surface area (Å²) in [6.45, 7) is 11.2. The van der Waals surface area contributed by atoms with Gasteiger partial charge in [-0.2, -0.15) is 0 Å². The summed E-state index contributed by atoms with van der Waals surface area (Å²) in [5.74, 6) is 0. The Labute approximate surface area is 115 Å². The first-order valence-electron chi connectivity index (χ1n) is 7.85. The molecule has 0 unspecified atom stereocenters. The Morgan fingerprint density at radius 2 is 1.28 bits per heavy atom. The zero-order valence-electron chi connectivity index (χ0n) is 13.0. The molecular formula is C15H35N3. The van der Waals surface area contributed by atoms with Crippen molar-refractivity contribution < 1.29 is 0 Å². The van der Waals surface area contributed by atoms with Crippen LogP contribution in [0, 0.1) is 0 Å². The Balaban J connectivity index is 3.79. The van der Waals surface area contributed by atoms with Gasteiger partial charge in [0.2, 0.25) is 0 Å². The quantitative estimate of drug-likeness (QED) is 0.515. The van der Waals surface area contributed by atoms with Crippen LogP contribution < -0.4 is 5.73 Å². The summed E-state index contributed by atoms with van der Waals surface area (Å²) in [5, 5.41) is 0. The lowest BCUT2D eigenvalue weighted by molar-refractivity contribution is 0.220. The maximum atomic E-state index is 5.58. The van der Waals surface area contributed by atoms with Crippen LogP contribution in [0.5, 0.6) is 0 Å². The number of rotatable bonds is 13. The Kier molecular flexibility index (Phi) is 13.2. The van der Waals surface area contributed by atoms with Gasteiger partial charge in [-0.15, -0.1) is 0 Å². The van der Waals surface area contributed by atoms with Gasteiger partial charge >= 0.3 is 0 Å². The van der Waals surface area contributed by atoms with Crippen molar-refractivity contribution in [1.82, 2.24) is 9.80 Å². The minimum Gasteiger partial charge on any atom is -0.329 e. The maximum Gasteiger partial charge on any atom is 0.0109 e. The first kappa shape index (κ1) is 17.9. The molecule has 2 N–H and O–H groups in total. The van der Waals surface area contributed by atoms with Crippen molar-refractivity contribution in [3.05, 3.63) is 0 Å². The highest BCUT2D eigenvalue weighted by atomic mass is 15.2. The van der Waals surface area contributed by atoms with Gasteiger partial charge in [0.25, 0.3) is 0 Å². The lowest BCUT2D eigenvalue weighted by atomic mass is 10.2. The third kappa shape index (κ3) is 11.0. The molecule has 0 aromatic heterocycles. The maximum absolute atomic E-state index is 5.58. The van der Waals surface area contributed by atoms with Crippen LogP contribution in [0.15, 0.2) is 0 Å². The van der Waals surface area contributed by atoms with Crippen molar-refractivity contribution in [3.63, 3.8) is 0 Å². The number of unbranched alkanes of at least 4 members (excludes halogenated alkanes) is 4. The molecule has 0 heterocycles. The molecule has 0 aliphatic heterocycles. The molecule has 0 aliphatic carbocycles. The summed E-state index contributed by atoms with van der Waals surface area (Å²) >= 11 is 0. The number of nitrogens with two attached hydrogens (primary N) is 1. The van der Waals surface area contributed by atoms with E-state index in [1.165, 1.54) is 58.2 Å². The van der Waals surface area contributed by atoms with Crippen molar-refractivity contribution in [2.45, 2.75) is 52.4 Å². The predicted molar refractivity (Wildman–Crippen MR) is 82.0 cm³/mol. The fraction of sp³-hybridized carbons (Fsp3) is 1.00. The zero-order valence-corrected chi connectivity index (χ0v) is 13.0. The van der Waals surface area contributed by atoms with Gasteiger partial charge < -0.3 is 15.5 Å². The van der Waals surface area contributed by atoms with E-state index in [-0.39, 0.29) is 0 Å². The summed E-state index contributed by atoms with van der Waals surface area (Å²) in [5.41, 5.74) is 5.58. The Morgan fingerprint density at radius 3 is 1.72 bits per heavy atom. The summed E-state index contributed by atoms with van der Waals surface area (Å²) in [7, 11) is 2.17. The molecule has 110 valence electrons. The molecule has 0 spiro atoms. The third-order valence-corrected chi connectivity index (χ3v) is 3.46. The normalized spacial score (nSPS) is 11.7. The monoisotopic (exact) mass is 257 g/mol. The van der Waals surface area contributed by atoms with Gasteiger partial charge in [0.1, 0.15) is 0 Å². The van der Waals surface area contributed by atoms with Crippen LogP contribution in [0.4, 0.5) is 0 Å². The van der Waals surface area contributed by atoms with Gasteiger partial charge in [-0.1, -0.05) is 39.5 Å². The second-order valence-corrected chi connectivity index (χ2v) is 5.35. The summed E-state index contributed by atoms with van der Waals surface area (Å²) in [6, 6.07) is 0. The van der Waals surface area contributed by atoms with Gasteiger partial charge in [-0.3, -0.25) is 0 Å². The lowest BCUT2D eigenvalue weighted by Gasteiger charge is -2.25. The molecular weight excluding hydrogens is 222 g/mol. The number of nitrogens with zero attached hydrogens (tertiary/aromatic N) is 2. The van der Waals surface area contributed by atoms with Gasteiger partial charge in [-0.25, -0.2) is 0 Å². The molecule has 3 heteroatoms. The van der Waals surface area contributed by atoms with E-state index < -0.39 is 0 Å². The topological polar surface area (TPSA) is 32.5 Å². The smallest absolute Gasteiger partial charge is 0.0109 e. The average molecular weight is 257 g/mol. The van der Waals surface area contributed by atoms with E-state index in [1.54, 1.807) is 0 Å². The van der Waals surface area contributed by atoms with Crippen molar-refractivity contribution in [2.24, 2.45) is 5.73 Å². The molecule has 0 rings (SSSR count). The Morgan fingerprint density at radius 1 is 0.722 bits per heavy atom. The first-order valence-corrected chi connectivity index (χ1v) is 7.85. The van der Waals surface area contributed by atoms with Gasteiger partial charge in [0.05, 0.1) is 0 Å². The van der Waals surface area contributed by atoms with Gasteiger partial charge in [0, 0.05) is 26.2 Å². The van der Waals surface area contributed by atoms with E-state index in [0.717, 1.165) is 19.6 Å². The molecule has 0 saturated carbocycles. The number of hydrogen-bond donors (Lipinski definition) is 1.